The quantitative estimate of drug-likeness (QED) is 0.566. The van der Waals surface area contributed by atoms with E-state index in [2.05, 4.69) is 35.9 Å². The van der Waals surface area contributed by atoms with E-state index in [0.717, 1.165) is 0 Å². The Morgan fingerprint density at radius 1 is 0.920 bits per heavy atom. The molecule has 0 aromatic carbocycles. The molecule has 3 aromatic heterocycles. The fourth-order valence-corrected chi connectivity index (χ4v) is 2.06. The normalized spacial score (nSPS) is 10.1. The molecule has 8 nitrogen and oxygen atoms in total. The van der Waals surface area contributed by atoms with Crippen LogP contribution in [0.1, 0.15) is 10.4 Å². The summed E-state index contributed by atoms with van der Waals surface area (Å²) in [6.45, 7) is 0.993. The van der Waals surface area contributed by atoms with Crippen LogP contribution in [0.25, 0.3) is 0 Å². The average Bonchev–Trinajstić information content (AvgIpc) is 2.67. The summed E-state index contributed by atoms with van der Waals surface area (Å²) in [5, 5.41) is 9.04. The molecule has 0 aliphatic carbocycles. The highest BCUT2D eigenvalue weighted by Crippen LogP contribution is 2.13. The number of nitrogens with zero attached hydrogens (tertiary/aromatic N) is 4. The number of amides is 1. The van der Waals surface area contributed by atoms with Crippen molar-refractivity contribution >= 4 is 23.4 Å². The monoisotopic (exact) mass is 335 g/mol. The first kappa shape index (κ1) is 16.3. The Morgan fingerprint density at radius 2 is 1.84 bits per heavy atom. The van der Waals surface area contributed by atoms with E-state index >= 15 is 0 Å². The van der Waals surface area contributed by atoms with Crippen LogP contribution in [0.15, 0.2) is 61.3 Å². The summed E-state index contributed by atoms with van der Waals surface area (Å²) in [7, 11) is 0. The number of nitrogens with one attached hydrogen (secondary N) is 3. The lowest BCUT2D eigenvalue weighted by molar-refractivity contribution is 0.0955. The topological polar surface area (TPSA) is 105 Å². The van der Waals surface area contributed by atoms with Gasteiger partial charge in [-0.1, -0.05) is 6.07 Å². The van der Waals surface area contributed by atoms with Gasteiger partial charge in [-0.15, -0.1) is 0 Å². The molecule has 0 bridgehead atoms. The largest absolute Gasteiger partial charge is 0.368 e. The summed E-state index contributed by atoms with van der Waals surface area (Å²) in [6, 6.07) is 10.8. The van der Waals surface area contributed by atoms with Gasteiger partial charge < -0.3 is 16.0 Å². The van der Waals surface area contributed by atoms with Crippen LogP contribution in [0.5, 0.6) is 0 Å². The molecule has 0 fully saturated rings. The van der Waals surface area contributed by atoms with Crippen LogP contribution in [-0.2, 0) is 0 Å². The van der Waals surface area contributed by atoms with Crippen LogP contribution >= 0.6 is 0 Å². The number of anilines is 3. The van der Waals surface area contributed by atoms with Gasteiger partial charge in [0, 0.05) is 37.7 Å². The lowest BCUT2D eigenvalue weighted by atomic mass is 10.3. The van der Waals surface area contributed by atoms with Gasteiger partial charge in [0.05, 0.1) is 5.56 Å². The van der Waals surface area contributed by atoms with Gasteiger partial charge in [-0.3, -0.25) is 9.78 Å². The smallest absolute Gasteiger partial charge is 0.252 e. The number of carbonyl (C=O) groups is 1. The fourth-order valence-electron chi connectivity index (χ4n) is 2.06. The minimum absolute atomic E-state index is 0.157. The zero-order valence-corrected chi connectivity index (χ0v) is 13.4. The SMILES string of the molecule is O=C(NCCNc1cc(Nc2ccccn2)ncn1)c1cccnc1. The van der Waals surface area contributed by atoms with Gasteiger partial charge in [0.15, 0.2) is 0 Å². The Kier molecular flexibility index (Phi) is 5.44. The molecule has 0 radical (unpaired) electrons. The standard InChI is InChI=1S/C17H17N7O/c25-17(13-4-3-6-18-11-13)21-9-8-20-15-10-16(23-12-22-15)24-14-5-1-2-7-19-14/h1-7,10-12H,8-9H2,(H,21,25)(H2,19,20,22,23,24). The highest BCUT2D eigenvalue weighted by atomic mass is 16.1. The summed E-state index contributed by atoms with van der Waals surface area (Å²) >= 11 is 0. The minimum atomic E-state index is -0.157. The first-order valence-electron chi connectivity index (χ1n) is 7.73. The van der Waals surface area contributed by atoms with Crippen LogP contribution in [0.2, 0.25) is 0 Å². The van der Waals surface area contributed by atoms with Crippen molar-refractivity contribution in [2.45, 2.75) is 0 Å². The van der Waals surface area contributed by atoms with Crippen LogP contribution in [0.3, 0.4) is 0 Å². The maximum absolute atomic E-state index is 11.9. The highest BCUT2D eigenvalue weighted by Gasteiger charge is 2.04. The third-order valence-corrected chi connectivity index (χ3v) is 3.23. The van der Waals surface area contributed by atoms with E-state index in [0.29, 0.717) is 36.1 Å². The van der Waals surface area contributed by atoms with Crippen molar-refractivity contribution in [3.63, 3.8) is 0 Å². The molecule has 25 heavy (non-hydrogen) atoms. The van der Waals surface area contributed by atoms with Crippen molar-refractivity contribution in [1.29, 1.82) is 0 Å². The van der Waals surface area contributed by atoms with Crippen LogP contribution < -0.4 is 16.0 Å². The zero-order valence-electron chi connectivity index (χ0n) is 13.4. The molecule has 3 rings (SSSR count). The molecule has 3 heterocycles. The molecule has 0 spiro atoms. The first-order valence-corrected chi connectivity index (χ1v) is 7.73. The van der Waals surface area contributed by atoms with Crippen molar-refractivity contribution in [3.05, 3.63) is 66.9 Å². The second-order valence-electron chi connectivity index (χ2n) is 5.05. The highest BCUT2D eigenvalue weighted by molar-refractivity contribution is 5.93. The molecule has 0 atom stereocenters. The second kappa shape index (κ2) is 8.34. The van der Waals surface area contributed by atoms with Gasteiger partial charge in [0.1, 0.15) is 23.8 Å². The number of carbonyl (C=O) groups excluding carboxylic acids is 1. The lowest BCUT2D eigenvalue weighted by Crippen LogP contribution is -2.28. The Balaban J connectivity index is 1.47. The molecular formula is C17H17N7O. The summed E-state index contributed by atoms with van der Waals surface area (Å²) in [4.78, 5) is 28.3. The molecule has 3 aromatic rings. The summed E-state index contributed by atoms with van der Waals surface area (Å²) in [5.41, 5.74) is 0.534. The molecule has 0 unspecified atom stereocenters. The van der Waals surface area contributed by atoms with Crippen LogP contribution in [0.4, 0.5) is 17.5 Å². The van der Waals surface area contributed by atoms with Gasteiger partial charge in [-0.05, 0) is 24.3 Å². The van der Waals surface area contributed by atoms with Crippen molar-refractivity contribution in [3.8, 4) is 0 Å². The van der Waals surface area contributed by atoms with E-state index in [-0.39, 0.29) is 5.91 Å². The molecule has 0 saturated carbocycles. The minimum Gasteiger partial charge on any atom is -0.368 e. The first-order chi connectivity index (χ1) is 12.3. The summed E-state index contributed by atoms with van der Waals surface area (Å²) in [6.07, 6.45) is 6.32. The van der Waals surface area contributed by atoms with E-state index in [1.165, 1.54) is 12.5 Å². The van der Waals surface area contributed by atoms with Crippen molar-refractivity contribution in [2.24, 2.45) is 0 Å². The van der Waals surface area contributed by atoms with E-state index in [9.17, 15) is 4.79 Å². The van der Waals surface area contributed by atoms with Gasteiger partial charge in [0.2, 0.25) is 0 Å². The third kappa shape index (κ3) is 4.96. The second-order valence-corrected chi connectivity index (χ2v) is 5.05. The molecule has 0 aliphatic heterocycles. The van der Waals surface area contributed by atoms with E-state index < -0.39 is 0 Å². The Hall–Kier alpha value is -3.55. The van der Waals surface area contributed by atoms with Crippen molar-refractivity contribution < 1.29 is 4.79 Å². The van der Waals surface area contributed by atoms with E-state index in [1.54, 1.807) is 30.6 Å². The fraction of sp³-hybridized carbons (Fsp3) is 0.118. The predicted molar refractivity (Wildman–Crippen MR) is 94.6 cm³/mol. The number of rotatable bonds is 7. The number of hydrogen-bond acceptors (Lipinski definition) is 7. The maximum atomic E-state index is 11.9. The molecule has 3 N–H and O–H groups in total. The Bertz CT molecular complexity index is 811. The number of pyridine rings is 2. The van der Waals surface area contributed by atoms with Gasteiger partial charge in [0.25, 0.3) is 5.91 Å². The molecule has 0 aliphatic rings. The molecule has 8 heteroatoms. The average molecular weight is 335 g/mol. The molecule has 0 saturated heterocycles. The molecular weight excluding hydrogens is 318 g/mol. The summed E-state index contributed by atoms with van der Waals surface area (Å²) in [5.74, 6) is 1.84. The van der Waals surface area contributed by atoms with Gasteiger partial charge in [-0.2, -0.15) is 0 Å². The van der Waals surface area contributed by atoms with Crippen molar-refractivity contribution in [2.75, 3.05) is 23.7 Å². The third-order valence-electron chi connectivity index (χ3n) is 3.23. The van der Waals surface area contributed by atoms with Crippen LogP contribution in [0, 0.1) is 0 Å². The van der Waals surface area contributed by atoms with Gasteiger partial charge in [-0.25, -0.2) is 15.0 Å². The van der Waals surface area contributed by atoms with E-state index in [1.807, 2.05) is 18.2 Å². The maximum Gasteiger partial charge on any atom is 0.252 e. The van der Waals surface area contributed by atoms with E-state index in [4.69, 9.17) is 0 Å². The Morgan fingerprint density at radius 3 is 2.64 bits per heavy atom. The van der Waals surface area contributed by atoms with Crippen molar-refractivity contribution in [1.82, 2.24) is 25.3 Å². The lowest BCUT2D eigenvalue weighted by Gasteiger charge is -2.09. The summed E-state index contributed by atoms with van der Waals surface area (Å²) < 4.78 is 0. The number of aromatic nitrogens is 4. The zero-order chi connectivity index (χ0) is 17.3. The predicted octanol–water partition coefficient (Wildman–Crippen LogP) is 1.85. The molecule has 1 amide bonds. The number of hydrogen-bond donors (Lipinski definition) is 3. The van der Waals surface area contributed by atoms with Crippen LogP contribution in [-0.4, -0.2) is 38.9 Å². The molecule has 126 valence electrons. The van der Waals surface area contributed by atoms with Gasteiger partial charge >= 0.3 is 0 Å². The Labute approximate surface area is 144 Å².